The summed E-state index contributed by atoms with van der Waals surface area (Å²) in [5.41, 5.74) is 3.30. The number of hydrogen-bond acceptors (Lipinski definition) is 7. The number of rotatable bonds is 5. The summed E-state index contributed by atoms with van der Waals surface area (Å²) in [5.74, 6) is 1.14. The zero-order chi connectivity index (χ0) is 28.3. The van der Waals surface area contributed by atoms with Crippen LogP contribution in [0, 0.1) is 12.3 Å². The average molecular weight is 561 g/mol. The van der Waals surface area contributed by atoms with Crippen LogP contribution in [0.5, 0.6) is 5.75 Å². The molecule has 3 aromatic heterocycles. The number of para-hydroxylation sites is 1. The third-order valence-corrected chi connectivity index (χ3v) is 8.05. The van der Waals surface area contributed by atoms with Crippen molar-refractivity contribution in [1.29, 1.82) is 0 Å². The quantitative estimate of drug-likeness (QED) is 0.372. The van der Waals surface area contributed by atoms with Gasteiger partial charge in [-0.25, -0.2) is 19.1 Å². The molecule has 2 fully saturated rings. The van der Waals surface area contributed by atoms with Crippen molar-refractivity contribution >= 4 is 34.5 Å². The van der Waals surface area contributed by atoms with Crippen LogP contribution in [0.4, 0.5) is 10.6 Å². The van der Waals surface area contributed by atoms with E-state index >= 15 is 0 Å². The number of halogens is 1. The molecule has 0 atom stereocenters. The van der Waals surface area contributed by atoms with Crippen LogP contribution in [0.15, 0.2) is 47.4 Å². The molecule has 1 aromatic carbocycles. The summed E-state index contributed by atoms with van der Waals surface area (Å²) >= 11 is 6.87. The van der Waals surface area contributed by atoms with Crippen molar-refractivity contribution < 1.29 is 14.6 Å². The predicted octanol–water partition coefficient (Wildman–Crippen LogP) is 4.74. The van der Waals surface area contributed by atoms with Gasteiger partial charge in [0.25, 0.3) is 0 Å². The summed E-state index contributed by atoms with van der Waals surface area (Å²) in [6, 6.07) is 11.1. The van der Waals surface area contributed by atoms with Gasteiger partial charge in [0.2, 0.25) is 0 Å². The highest BCUT2D eigenvalue weighted by molar-refractivity contribution is 6.34. The fraction of sp³-hybridized carbons (Fsp3) is 0.345. The fourth-order valence-corrected chi connectivity index (χ4v) is 6.13. The van der Waals surface area contributed by atoms with E-state index < -0.39 is 11.8 Å². The van der Waals surface area contributed by atoms with Crippen molar-refractivity contribution in [3.05, 3.63) is 69.4 Å². The Hall–Kier alpha value is -4.18. The molecule has 1 spiro atoms. The number of carboxylic acid groups (broad SMARTS) is 1. The Labute approximate surface area is 235 Å². The van der Waals surface area contributed by atoms with Gasteiger partial charge < -0.3 is 19.6 Å². The maximum Gasteiger partial charge on any atom is 0.407 e. The summed E-state index contributed by atoms with van der Waals surface area (Å²) in [4.78, 5) is 42.8. The van der Waals surface area contributed by atoms with E-state index in [1.54, 1.807) is 19.4 Å². The smallest absolute Gasteiger partial charge is 0.407 e. The van der Waals surface area contributed by atoms with Gasteiger partial charge in [-0.3, -0.25) is 4.98 Å². The number of amides is 1. The maximum absolute atomic E-state index is 13.9. The van der Waals surface area contributed by atoms with Gasteiger partial charge in [0, 0.05) is 43.4 Å². The van der Waals surface area contributed by atoms with Crippen molar-refractivity contribution in [2.45, 2.75) is 26.7 Å². The first-order chi connectivity index (χ1) is 19.1. The van der Waals surface area contributed by atoms with Crippen LogP contribution >= 0.6 is 11.6 Å². The fourth-order valence-electron chi connectivity index (χ4n) is 5.87. The second kappa shape index (κ2) is 9.48. The molecule has 1 amide bonds. The second-order valence-corrected chi connectivity index (χ2v) is 11.4. The SMILES string of the molecule is COc1ccccc1-c1nc2c(cc1Cl)c(N1CC3(CN(C(=O)O)C3)C1)nc(=O)n2-c1c(C)ccnc1C(C)C. The molecule has 4 aromatic rings. The van der Waals surface area contributed by atoms with E-state index in [1.165, 1.54) is 9.47 Å². The minimum atomic E-state index is -0.914. The number of benzene rings is 1. The topological polar surface area (TPSA) is 114 Å². The van der Waals surface area contributed by atoms with Gasteiger partial charge >= 0.3 is 11.8 Å². The summed E-state index contributed by atoms with van der Waals surface area (Å²) in [6.45, 7) is 8.13. The van der Waals surface area contributed by atoms with Gasteiger partial charge in [-0.2, -0.15) is 4.98 Å². The molecule has 0 unspecified atom stereocenters. The zero-order valence-corrected chi connectivity index (χ0v) is 23.4. The molecule has 0 bridgehead atoms. The second-order valence-electron chi connectivity index (χ2n) is 11.0. The van der Waals surface area contributed by atoms with E-state index in [-0.39, 0.29) is 11.3 Å². The first-order valence-electron chi connectivity index (χ1n) is 13.1. The van der Waals surface area contributed by atoms with E-state index in [2.05, 4.69) is 9.97 Å². The van der Waals surface area contributed by atoms with Gasteiger partial charge in [0.1, 0.15) is 11.6 Å². The Morgan fingerprint density at radius 2 is 1.85 bits per heavy atom. The molecule has 0 radical (unpaired) electrons. The maximum atomic E-state index is 13.9. The first kappa shape index (κ1) is 26.1. The Morgan fingerprint density at radius 3 is 2.52 bits per heavy atom. The lowest BCUT2D eigenvalue weighted by molar-refractivity contribution is -0.00964. The van der Waals surface area contributed by atoms with Crippen molar-refractivity contribution in [2.24, 2.45) is 5.41 Å². The van der Waals surface area contributed by atoms with Crippen molar-refractivity contribution in [3.63, 3.8) is 0 Å². The van der Waals surface area contributed by atoms with Crippen LogP contribution < -0.4 is 15.3 Å². The minimum Gasteiger partial charge on any atom is -0.496 e. The predicted molar refractivity (Wildman–Crippen MR) is 153 cm³/mol. The highest BCUT2D eigenvalue weighted by Crippen LogP contribution is 2.44. The normalized spacial score (nSPS) is 15.8. The number of carbonyl (C=O) groups is 1. The number of ether oxygens (including phenoxy) is 1. The third-order valence-electron chi connectivity index (χ3n) is 7.76. The summed E-state index contributed by atoms with van der Waals surface area (Å²) in [7, 11) is 1.59. The Bertz CT molecular complexity index is 1720. The molecule has 11 heteroatoms. The number of nitrogens with zero attached hydrogens (tertiary/aromatic N) is 6. The molecule has 0 saturated carbocycles. The highest BCUT2D eigenvalue weighted by atomic mass is 35.5. The minimum absolute atomic E-state index is 0.0450. The van der Waals surface area contributed by atoms with Crippen LogP contribution in [0.3, 0.4) is 0 Å². The molecule has 206 valence electrons. The van der Waals surface area contributed by atoms with Gasteiger partial charge in [0.05, 0.1) is 34.6 Å². The standard InChI is InChI=1S/C29H29ClN6O4/c1-16(2)22-24(17(3)9-10-31-22)36-26-19(11-20(30)23(32-26)18-7-5-6-8-21(18)40-4)25(33-27(36)37)34-12-29(13-34)14-35(15-29)28(38)39/h5-11,16H,12-15H2,1-4H3,(H,38,39). The number of pyridine rings is 2. The van der Waals surface area contributed by atoms with E-state index in [0.29, 0.717) is 70.7 Å². The number of methoxy groups -OCH3 is 1. The van der Waals surface area contributed by atoms with E-state index in [0.717, 1.165) is 11.3 Å². The monoisotopic (exact) mass is 560 g/mol. The Kier molecular flexibility index (Phi) is 6.18. The lowest BCUT2D eigenvalue weighted by Gasteiger charge is -2.59. The molecule has 2 aliphatic heterocycles. The molecule has 1 N–H and O–H groups in total. The van der Waals surface area contributed by atoms with Crippen LogP contribution in [0.1, 0.15) is 31.0 Å². The number of likely N-dealkylation sites (tertiary alicyclic amines) is 1. The van der Waals surface area contributed by atoms with Crippen LogP contribution in [0.25, 0.3) is 28.0 Å². The van der Waals surface area contributed by atoms with Crippen LogP contribution in [0.2, 0.25) is 5.02 Å². The van der Waals surface area contributed by atoms with Crippen molar-refractivity contribution in [1.82, 2.24) is 24.4 Å². The molecular formula is C29H29ClN6O4. The molecule has 2 aliphatic rings. The molecule has 5 heterocycles. The first-order valence-corrected chi connectivity index (χ1v) is 13.5. The third kappa shape index (κ3) is 4.05. The Morgan fingerprint density at radius 1 is 1.12 bits per heavy atom. The van der Waals surface area contributed by atoms with Crippen molar-refractivity contribution in [2.75, 3.05) is 38.2 Å². The molecule has 2 saturated heterocycles. The molecule has 0 aliphatic carbocycles. The average Bonchev–Trinajstić information content (AvgIpc) is 2.87. The molecule has 40 heavy (non-hydrogen) atoms. The van der Waals surface area contributed by atoms with E-state index in [1.807, 2.05) is 56.0 Å². The summed E-state index contributed by atoms with van der Waals surface area (Å²) < 4.78 is 7.13. The number of fused-ring (bicyclic) bond motifs is 1. The van der Waals surface area contributed by atoms with Crippen LogP contribution in [-0.2, 0) is 0 Å². The van der Waals surface area contributed by atoms with Gasteiger partial charge in [-0.15, -0.1) is 0 Å². The zero-order valence-electron chi connectivity index (χ0n) is 22.7. The number of anilines is 1. The summed E-state index contributed by atoms with van der Waals surface area (Å²) in [5, 5.41) is 10.3. The lowest BCUT2D eigenvalue weighted by Crippen LogP contribution is -2.73. The highest BCUT2D eigenvalue weighted by Gasteiger charge is 2.54. The molecule has 10 nitrogen and oxygen atoms in total. The van der Waals surface area contributed by atoms with Crippen LogP contribution in [-0.4, -0.2) is 68.9 Å². The lowest BCUT2D eigenvalue weighted by atomic mass is 9.73. The van der Waals surface area contributed by atoms with Gasteiger partial charge in [-0.1, -0.05) is 37.6 Å². The van der Waals surface area contributed by atoms with Gasteiger partial charge in [-0.05, 0) is 42.7 Å². The largest absolute Gasteiger partial charge is 0.496 e. The Balaban J connectivity index is 1.58. The molecule has 6 rings (SSSR count). The molecular weight excluding hydrogens is 532 g/mol. The number of aryl methyl sites for hydroxylation is 1. The number of aromatic nitrogens is 4. The van der Waals surface area contributed by atoms with Crippen molar-refractivity contribution in [3.8, 4) is 22.7 Å². The van der Waals surface area contributed by atoms with Gasteiger partial charge in [0.15, 0.2) is 5.65 Å². The van der Waals surface area contributed by atoms with E-state index in [9.17, 15) is 14.7 Å². The summed E-state index contributed by atoms with van der Waals surface area (Å²) in [6.07, 6.45) is 0.828. The van der Waals surface area contributed by atoms with E-state index in [4.69, 9.17) is 21.3 Å². The number of hydrogen-bond donors (Lipinski definition) is 1.